The summed E-state index contributed by atoms with van der Waals surface area (Å²) in [5.74, 6) is -0.988. The summed E-state index contributed by atoms with van der Waals surface area (Å²) in [6.07, 6.45) is 3.96. The Balaban J connectivity index is 2.35. The number of rotatable bonds is 5. The number of aromatic nitrogens is 2. The van der Waals surface area contributed by atoms with Crippen LogP contribution in [0.1, 0.15) is 23.7 Å². The van der Waals surface area contributed by atoms with Crippen molar-refractivity contribution in [2.75, 3.05) is 5.32 Å². The third kappa shape index (κ3) is 3.41. The number of aromatic carboxylic acids is 1. The molecule has 1 heterocycles. The summed E-state index contributed by atoms with van der Waals surface area (Å²) in [6, 6.07) is 4.41. The SMILES string of the molecule is CCCn1ccnc(Nc2ccc(Cl)c(C(=O)O)c2)c1=O. The van der Waals surface area contributed by atoms with Gasteiger partial charge in [-0.2, -0.15) is 0 Å². The summed E-state index contributed by atoms with van der Waals surface area (Å²) < 4.78 is 1.54. The average molecular weight is 308 g/mol. The maximum Gasteiger partial charge on any atom is 0.337 e. The van der Waals surface area contributed by atoms with Crippen molar-refractivity contribution in [1.29, 1.82) is 0 Å². The van der Waals surface area contributed by atoms with E-state index in [0.717, 1.165) is 6.42 Å². The number of aryl methyl sites for hydroxylation is 1. The van der Waals surface area contributed by atoms with Crippen LogP contribution in [0.15, 0.2) is 35.4 Å². The van der Waals surface area contributed by atoms with Crippen molar-refractivity contribution in [3.63, 3.8) is 0 Å². The van der Waals surface area contributed by atoms with Gasteiger partial charge in [-0.05, 0) is 24.6 Å². The molecule has 1 aromatic heterocycles. The number of carbonyl (C=O) groups is 1. The number of halogens is 1. The zero-order chi connectivity index (χ0) is 15.4. The first kappa shape index (κ1) is 15.1. The van der Waals surface area contributed by atoms with Crippen LogP contribution in [0.4, 0.5) is 11.5 Å². The van der Waals surface area contributed by atoms with Crippen LogP contribution < -0.4 is 10.9 Å². The highest BCUT2D eigenvalue weighted by atomic mass is 35.5. The number of benzene rings is 1. The third-order valence-corrected chi connectivity index (χ3v) is 3.17. The Kier molecular flexibility index (Phi) is 4.59. The molecule has 0 bridgehead atoms. The molecule has 6 nitrogen and oxygen atoms in total. The maximum absolute atomic E-state index is 12.1. The van der Waals surface area contributed by atoms with Crippen LogP contribution in [0.5, 0.6) is 0 Å². The van der Waals surface area contributed by atoms with Crippen molar-refractivity contribution in [1.82, 2.24) is 9.55 Å². The molecular weight excluding hydrogens is 294 g/mol. The van der Waals surface area contributed by atoms with Crippen LogP contribution in [0.3, 0.4) is 0 Å². The van der Waals surface area contributed by atoms with Gasteiger partial charge < -0.3 is 15.0 Å². The molecule has 7 heteroatoms. The molecule has 0 fully saturated rings. The minimum Gasteiger partial charge on any atom is -0.478 e. The second-order valence-corrected chi connectivity index (χ2v) is 4.81. The quantitative estimate of drug-likeness (QED) is 0.887. The van der Waals surface area contributed by atoms with Gasteiger partial charge in [-0.15, -0.1) is 0 Å². The molecule has 0 atom stereocenters. The number of nitrogens with zero attached hydrogens (tertiary/aromatic N) is 2. The van der Waals surface area contributed by atoms with E-state index in [1.54, 1.807) is 16.8 Å². The topological polar surface area (TPSA) is 84.2 Å². The van der Waals surface area contributed by atoms with E-state index in [0.29, 0.717) is 12.2 Å². The second kappa shape index (κ2) is 6.41. The zero-order valence-electron chi connectivity index (χ0n) is 11.3. The van der Waals surface area contributed by atoms with Gasteiger partial charge in [0.05, 0.1) is 10.6 Å². The highest BCUT2D eigenvalue weighted by Gasteiger charge is 2.11. The van der Waals surface area contributed by atoms with Gasteiger partial charge in [0.25, 0.3) is 5.56 Å². The van der Waals surface area contributed by atoms with E-state index < -0.39 is 5.97 Å². The van der Waals surface area contributed by atoms with E-state index in [9.17, 15) is 9.59 Å². The second-order valence-electron chi connectivity index (χ2n) is 4.40. The number of hydrogen-bond donors (Lipinski definition) is 2. The molecule has 110 valence electrons. The molecule has 0 spiro atoms. The average Bonchev–Trinajstić information content (AvgIpc) is 2.45. The monoisotopic (exact) mass is 307 g/mol. The van der Waals surface area contributed by atoms with Gasteiger partial charge in [0.1, 0.15) is 0 Å². The molecule has 0 aliphatic carbocycles. The summed E-state index contributed by atoms with van der Waals surface area (Å²) in [7, 11) is 0. The molecule has 0 unspecified atom stereocenters. The van der Waals surface area contributed by atoms with Crippen molar-refractivity contribution in [3.05, 3.63) is 51.5 Å². The van der Waals surface area contributed by atoms with E-state index in [-0.39, 0.29) is 22.0 Å². The predicted octanol–water partition coefficient (Wildman–Crippen LogP) is 2.75. The van der Waals surface area contributed by atoms with Gasteiger partial charge in [-0.1, -0.05) is 18.5 Å². The Labute approximate surface area is 126 Å². The predicted molar refractivity (Wildman–Crippen MR) is 80.5 cm³/mol. The van der Waals surface area contributed by atoms with Crippen LogP contribution >= 0.6 is 11.6 Å². The summed E-state index contributed by atoms with van der Waals surface area (Å²) in [5.41, 5.74) is 0.147. The molecule has 0 aliphatic rings. The molecule has 0 radical (unpaired) electrons. The molecule has 21 heavy (non-hydrogen) atoms. The summed E-state index contributed by atoms with van der Waals surface area (Å²) in [5, 5.41) is 12.0. The molecule has 2 aromatic rings. The fraction of sp³-hybridized carbons (Fsp3) is 0.214. The Morgan fingerprint density at radius 3 is 2.90 bits per heavy atom. The fourth-order valence-electron chi connectivity index (χ4n) is 1.85. The lowest BCUT2D eigenvalue weighted by molar-refractivity contribution is 0.0697. The Bertz CT molecular complexity index is 728. The number of carboxylic acid groups (broad SMARTS) is 1. The lowest BCUT2D eigenvalue weighted by Gasteiger charge is -2.09. The van der Waals surface area contributed by atoms with Gasteiger partial charge in [0.2, 0.25) is 0 Å². The molecule has 2 rings (SSSR count). The van der Waals surface area contributed by atoms with E-state index in [2.05, 4.69) is 10.3 Å². The Morgan fingerprint density at radius 2 is 2.24 bits per heavy atom. The van der Waals surface area contributed by atoms with Crippen molar-refractivity contribution < 1.29 is 9.90 Å². The number of hydrogen-bond acceptors (Lipinski definition) is 4. The minimum atomic E-state index is -1.13. The van der Waals surface area contributed by atoms with E-state index in [4.69, 9.17) is 16.7 Å². The Morgan fingerprint density at radius 1 is 1.48 bits per heavy atom. The van der Waals surface area contributed by atoms with E-state index in [1.807, 2.05) is 6.92 Å². The smallest absolute Gasteiger partial charge is 0.337 e. The molecular formula is C14H14ClN3O3. The van der Waals surface area contributed by atoms with Crippen molar-refractivity contribution in [2.24, 2.45) is 0 Å². The first-order valence-corrected chi connectivity index (χ1v) is 6.76. The molecule has 0 saturated carbocycles. The molecule has 0 amide bonds. The van der Waals surface area contributed by atoms with Gasteiger partial charge in [0, 0.05) is 24.6 Å². The first-order valence-electron chi connectivity index (χ1n) is 6.38. The summed E-state index contributed by atoms with van der Waals surface area (Å²) in [4.78, 5) is 27.2. The lowest BCUT2D eigenvalue weighted by atomic mass is 10.2. The van der Waals surface area contributed by atoms with Crippen molar-refractivity contribution >= 4 is 29.1 Å². The zero-order valence-corrected chi connectivity index (χ0v) is 12.1. The molecule has 0 saturated heterocycles. The van der Waals surface area contributed by atoms with Gasteiger partial charge in [-0.3, -0.25) is 4.79 Å². The highest BCUT2D eigenvalue weighted by molar-refractivity contribution is 6.33. The lowest BCUT2D eigenvalue weighted by Crippen LogP contribution is -2.23. The molecule has 2 N–H and O–H groups in total. The normalized spacial score (nSPS) is 10.4. The van der Waals surface area contributed by atoms with Crippen LogP contribution in [0.2, 0.25) is 5.02 Å². The number of anilines is 2. The largest absolute Gasteiger partial charge is 0.478 e. The molecule has 1 aromatic carbocycles. The summed E-state index contributed by atoms with van der Waals surface area (Å²) in [6.45, 7) is 2.56. The number of nitrogens with one attached hydrogen (secondary N) is 1. The number of carboxylic acids is 1. The van der Waals surface area contributed by atoms with Crippen LogP contribution in [-0.2, 0) is 6.54 Å². The van der Waals surface area contributed by atoms with Crippen LogP contribution in [-0.4, -0.2) is 20.6 Å². The van der Waals surface area contributed by atoms with Crippen molar-refractivity contribution in [2.45, 2.75) is 19.9 Å². The van der Waals surface area contributed by atoms with Gasteiger partial charge >= 0.3 is 5.97 Å². The van der Waals surface area contributed by atoms with Crippen LogP contribution in [0.25, 0.3) is 0 Å². The van der Waals surface area contributed by atoms with Crippen LogP contribution in [0, 0.1) is 0 Å². The Hall–Kier alpha value is -2.34. The van der Waals surface area contributed by atoms with E-state index in [1.165, 1.54) is 18.3 Å². The summed E-state index contributed by atoms with van der Waals surface area (Å²) >= 11 is 5.80. The maximum atomic E-state index is 12.1. The molecule has 0 aliphatic heterocycles. The van der Waals surface area contributed by atoms with Crippen molar-refractivity contribution in [3.8, 4) is 0 Å². The standard InChI is InChI=1S/C14H14ClN3O3/c1-2-6-18-7-5-16-12(13(18)19)17-9-3-4-11(15)10(8-9)14(20)21/h3-5,7-8H,2,6H2,1H3,(H,16,17)(H,20,21). The first-order chi connectivity index (χ1) is 10.0. The van der Waals surface area contributed by atoms with Gasteiger partial charge in [0.15, 0.2) is 5.82 Å². The minimum absolute atomic E-state index is 0.0357. The van der Waals surface area contributed by atoms with Gasteiger partial charge in [-0.25, -0.2) is 9.78 Å². The van der Waals surface area contributed by atoms with E-state index >= 15 is 0 Å². The highest BCUT2D eigenvalue weighted by Crippen LogP contribution is 2.21. The third-order valence-electron chi connectivity index (χ3n) is 2.84. The fourth-order valence-corrected chi connectivity index (χ4v) is 2.05.